The highest BCUT2D eigenvalue weighted by Crippen LogP contribution is 2.36. The van der Waals surface area contributed by atoms with Gasteiger partial charge in [0.1, 0.15) is 11.5 Å². The molecular weight excluding hydrogens is 353 g/mol. The molecule has 3 heterocycles. The third kappa shape index (κ3) is 3.44. The van der Waals surface area contributed by atoms with Gasteiger partial charge in [-0.15, -0.1) is 6.58 Å². The predicted molar refractivity (Wildman–Crippen MR) is 108 cm³/mol. The third-order valence-electron chi connectivity index (χ3n) is 4.50. The summed E-state index contributed by atoms with van der Waals surface area (Å²) in [5.41, 5.74) is 6.16. The number of hydrogen-bond acceptors (Lipinski definition) is 3. The Morgan fingerprint density at radius 1 is 1.11 bits per heavy atom. The van der Waals surface area contributed by atoms with Crippen LogP contribution < -0.4 is 0 Å². The van der Waals surface area contributed by atoms with Crippen molar-refractivity contribution in [2.75, 3.05) is 6.61 Å². The summed E-state index contributed by atoms with van der Waals surface area (Å²) in [6, 6.07) is 16.3. The Bertz CT molecular complexity index is 1130. The van der Waals surface area contributed by atoms with E-state index in [0.29, 0.717) is 13.2 Å². The molecule has 140 valence electrons. The molecule has 1 aromatic carbocycles. The lowest BCUT2D eigenvalue weighted by molar-refractivity contribution is 0.149. The molecule has 0 aliphatic carbocycles. The molecule has 0 aliphatic rings. The SMILES string of the molecule is C=CCOCc1cccn2nc(-c3cccc(C)n3)c(-c3ccc(F)cc3)c12. The summed E-state index contributed by atoms with van der Waals surface area (Å²) in [7, 11) is 0. The van der Waals surface area contributed by atoms with Gasteiger partial charge in [-0.1, -0.05) is 30.3 Å². The molecule has 0 bridgehead atoms. The van der Waals surface area contributed by atoms with Gasteiger partial charge in [0.05, 0.1) is 24.4 Å². The number of pyridine rings is 2. The summed E-state index contributed by atoms with van der Waals surface area (Å²) >= 11 is 0. The molecule has 0 spiro atoms. The number of aromatic nitrogens is 3. The second-order valence-electron chi connectivity index (χ2n) is 6.53. The van der Waals surface area contributed by atoms with Crippen LogP contribution in [0.3, 0.4) is 0 Å². The first kappa shape index (κ1) is 18.1. The molecule has 0 saturated heterocycles. The van der Waals surface area contributed by atoms with Crippen LogP contribution >= 0.6 is 0 Å². The van der Waals surface area contributed by atoms with Crippen molar-refractivity contribution in [3.05, 3.63) is 90.5 Å². The smallest absolute Gasteiger partial charge is 0.123 e. The second-order valence-corrected chi connectivity index (χ2v) is 6.53. The van der Waals surface area contributed by atoms with Crippen molar-refractivity contribution in [2.24, 2.45) is 0 Å². The number of halogens is 1. The van der Waals surface area contributed by atoms with E-state index in [2.05, 4.69) is 11.6 Å². The lowest BCUT2D eigenvalue weighted by atomic mass is 10.00. The summed E-state index contributed by atoms with van der Waals surface area (Å²) in [6.45, 7) is 6.54. The van der Waals surface area contributed by atoms with Crippen LogP contribution in [0.4, 0.5) is 4.39 Å². The summed E-state index contributed by atoms with van der Waals surface area (Å²) in [4.78, 5) is 4.65. The zero-order chi connectivity index (χ0) is 19.5. The van der Waals surface area contributed by atoms with E-state index in [1.165, 1.54) is 12.1 Å². The number of hydrogen-bond donors (Lipinski definition) is 0. The highest BCUT2D eigenvalue weighted by Gasteiger charge is 2.20. The third-order valence-corrected chi connectivity index (χ3v) is 4.50. The standard InChI is InChI=1S/C23H20FN3O/c1-3-14-28-15-18-7-5-13-27-23(18)21(17-9-11-19(24)12-10-17)22(26-27)20-8-4-6-16(2)25-20/h3-13H,1,14-15H2,2H3. The van der Waals surface area contributed by atoms with Crippen molar-refractivity contribution in [3.8, 4) is 22.5 Å². The molecule has 0 unspecified atom stereocenters. The molecule has 0 amide bonds. The number of fused-ring (bicyclic) bond motifs is 1. The topological polar surface area (TPSA) is 39.4 Å². The van der Waals surface area contributed by atoms with Crippen LogP contribution in [0.15, 0.2) is 73.4 Å². The summed E-state index contributed by atoms with van der Waals surface area (Å²) in [5, 5.41) is 4.80. The van der Waals surface area contributed by atoms with Gasteiger partial charge in [0.15, 0.2) is 0 Å². The second kappa shape index (κ2) is 7.74. The quantitative estimate of drug-likeness (QED) is 0.344. The fourth-order valence-corrected chi connectivity index (χ4v) is 3.28. The van der Waals surface area contributed by atoms with E-state index in [4.69, 9.17) is 9.84 Å². The fraction of sp³-hybridized carbons (Fsp3) is 0.130. The Hall–Kier alpha value is -3.31. The lowest BCUT2D eigenvalue weighted by Gasteiger charge is -2.08. The van der Waals surface area contributed by atoms with Gasteiger partial charge in [-0.25, -0.2) is 8.91 Å². The summed E-state index contributed by atoms with van der Waals surface area (Å²) in [6.07, 6.45) is 3.62. The van der Waals surface area contributed by atoms with E-state index in [1.807, 2.05) is 48.0 Å². The Morgan fingerprint density at radius 2 is 1.93 bits per heavy atom. The van der Waals surface area contributed by atoms with Crippen LogP contribution in [-0.4, -0.2) is 21.2 Å². The highest BCUT2D eigenvalue weighted by molar-refractivity contribution is 5.92. The molecule has 0 atom stereocenters. The van der Waals surface area contributed by atoms with Crippen molar-refractivity contribution in [3.63, 3.8) is 0 Å². The monoisotopic (exact) mass is 373 g/mol. The van der Waals surface area contributed by atoms with Crippen LogP contribution in [0.25, 0.3) is 28.0 Å². The minimum atomic E-state index is -0.273. The molecule has 0 saturated carbocycles. The van der Waals surface area contributed by atoms with Crippen molar-refractivity contribution < 1.29 is 9.13 Å². The Kier molecular flexibility index (Phi) is 5.00. The molecule has 0 N–H and O–H groups in total. The maximum atomic E-state index is 13.5. The fourth-order valence-electron chi connectivity index (χ4n) is 3.28. The molecule has 4 aromatic rings. The number of rotatable bonds is 6. The van der Waals surface area contributed by atoms with Gasteiger partial charge in [-0.05, 0) is 42.8 Å². The minimum absolute atomic E-state index is 0.273. The van der Waals surface area contributed by atoms with Gasteiger partial charge in [0, 0.05) is 23.0 Å². The Labute approximate surface area is 162 Å². The van der Waals surface area contributed by atoms with Crippen LogP contribution in [0.2, 0.25) is 0 Å². The van der Waals surface area contributed by atoms with Crippen LogP contribution in [0, 0.1) is 12.7 Å². The van der Waals surface area contributed by atoms with Gasteiger partial charge >= 0.3 is 0 Å². The Morgan fingerprint density at radius 3 is 2.68 bits per heavy atom. The number of nitrogens with zero attached hydrogens (tertiary/aromatic N) is 3. The average Bonchev–Trinajstić information content (AvgIpc) is 3.09. The molecule has 3 aromatic heterocycles. The maximum Gasteiger partial charge on any atom is 0.123 e. The molecule has 28 heavy (non-hydrogen) atoms. The summed E-state index contributed by atoms with van der Waals surface area (Å²) < 4.78 is 21.1. The van der Waals surface area contributed by atoms with Crippen molar-refractivity contribution >= 4 is 5.52 Å². The predicted octanol–water partition coefficient (Wildman–Crippen LogP) is 5.21. The average molecular weight is 373 g/mol. The lowest BCUT2D eigenvalue weighted by Crippen LogP contribution is -1.97. The first-order valence-electron chi connectivity index (χ1n) is 9.06. The highest BCUT2D eigenvalue weighted by atomic mass is 19.1. The van der Waals surface area contributed by atoms with E-state index in [9.17, 15) is 4.39 Å². The van der Waals surface area contributed by atoms with Crippen molar-refractivity contribution in [1.82, 2.24) is 14.6 Å². The molecule has 0 radical (unpaired) electrons. The van der Waals surface area contributed by atoms with Crippen molar-refractivity contribution in [1.29, 1.82) is 0 Å². The van der Waals surface area contributed by atoms with Gasteiger partial charge in [0.2, 0.25) is 0 Å². The number of benzene rings is 1. The van der Waals surface area contributed by atoms with E-state index in [0.717, 1.165) is 39.3 Å². The largest absolute Gasteiger partial charge is 0.373 e. The van der Waals surface area contributed by atoms with Crippen LogP contribution in [0.1, 0.15) is 11.3 Å². The maximum absolute atomic E-state index is 13.5. The van der Waals surface area contributed by atoms with E-state index < -0.39 is 0 Å². The van der Waals surface area contributed by atoms with Gasteiger partial charge in [0.25, 0.3) is 0 Å². The zero-order valence-corrected chi connectivity index (χ0v) is 15.6. The molecule has 0 fully saturated rings. The minimum Gasteiger partial charge on any atom is -0.373 e. The van der Waals surface area contributed by atoms with Crippen molar-refractivity contribution in [2.45, 2.75) is 13.5 Å². The van der Waals surface area contributed by atoms with E-state index >= 15 is 0 Å². The van der Waals surface area contributed by atoms with E-state index in [-0.39, 0.29) is 5.82 Å². The molecule has 5 heteroatoms. The summed E-state index contributed by atoms with van der Waals surface area (Å²) in [5.74, 6) is -0.273. The van der Waals surface area contributed by atoms with Gasteiger partial charge < -0.3 is 4.74 Å². The Balaban J connectivity index is 1.98. The number of ether oxygens (including phenoxy) is 1. The molecule has 0 aliphatic heterocycles. The first-order chi connectivity index (χ1) is 13.7. The first-order valence-corrected chi connectivity index (χ1v) is 9.06. The molecule has 4 rings (SSSR count). The zero-order valence-electron chi connectivity index (χ0n) is 15.6. The number of aryl methyl sites for hydroxylation is 1. The van der Waals surface area contributed by atoms with Crippen LogP contribution in [-0.2, 0) is 11.3 Å². The molecular formula is C23H20FN3O. The molecule has 4 nitrogen and oxygen atoms in total. The van der Waals surface area contributed by atoms with Crippen LogP contribution in [0.5, 0.6) is 0 Å². The van der Waals surface area contributed by atoms with E-state index in [1.54, 1.807) is 18.2 Å². The normalized spacial score (nSPS) is 11.1. The van der Waals surface area contributed by atoms with Gasteiger partial charge in [-0.3, -0.25) is 4.98 Å². The van der Waals surface area contributed by atoms with Gasteiger partial charge in [-0.2, -0.15) is 5.10 Å².